The smallest absolute Gasteiger partial charge is 0.135 e. The van der Waals surface area contributed by atoms with Crippen molar-refractivity contribution in [1.82, 2.24) is 0 Å². The third-order valence-electron chi connectivity index (χ3n) is 3.72. The van der Waals surface area contributed by atoms with Crippen molar-refractivity contribution in [2.24, 2.45) is 0 Å². The molecular formula is C19H16F2S. The molecule has 0 aliphatic heterocycles. The molecule has 0 nitrogen and oxygen atoms in total. The highest BCUT2D eigenvalue weighted by Gasteiger charge is 2.15. The lowest BCUT2D eigenvalue weighted by molar-refractivity contribution is 0.591. The Balaban J connectivity index is 2.05. The summed E-state index contributed by atoms with van der Waals surface area (Å²) in [5.74, 6) is -1.03. The van der Waals surface area contributed by atoms with Crippen molar-refractivity contribution in [3.05, 3.63) is 70.6 Å². The summed E-state index contributed by atoms with van der Waals surface area (Å²) in [5.41, 5.74) is 2.65. The SMILES string of the molecule is CCc1ccc(-c2cc(F)c(-c3ccc(C)s3)c(F)c2)cc1. The van der Waals surface area contributed by atoms with Gasteiger partial charge >= 0.3 is 0 Å². The first-order chi connectivity index (χ1) is 10.6. The van der Waals surface area contributed by atoms with Gasteiger partial charge in [0.25, 0.3) is 0 Å². The summed E-state index contributed by atoms with van der Waals surface area (Å²) < 4.78 is 28.8. The van der Waals surface area contributed by atoms with E-state index in [2.05, 4.69) is 6.92 Å². The molecule has 3 aromatic rings. The van der Waals surface area contributed by atoms with E-state index in [0.29, 0.717) is 10.4 Å². The minimum atomic E-state index is -0.517. The molecule has 1 aromatic heterocycles. The normalized spacial score (nSPS) is 10.9. The number of benzene rings is 2. The van der Waals surface area contributed by atoms with Crippen LogP contribution < -0.4 is 0 Å². The van der Waals surface area contributed by atoms with Crippen molar-refractivity contribution < 1.29 is 8.78 Å². The molecule has 0 aliphatic rings. The molecule has 0 saturated carbocycles. The molecule has 0 atom stereocenters. The highest BCUT2D eigenvalue weighted by molar-refractivity contribution is 7.15. The van der Waals surface area contributed by atoms with Gasteiger partial charge in [0.15, 0.2) is 0 Å². The molecule has 22 heavy (non-hydrogen) atoms. The Hall–Kier alpha value is -2.00. The van der Waals surface area contributed by atoms with Gasteiger partial charge in [0.2, 0.25) is 0 Å². The molecule has 112 valence electrons. The second-order valence-electron chi connectivity index (χ2n) is 5.28. The van der Waals surface area contributed by atoms with Gasteiger partial charge in [-0.3, -0.25) is 0 Å². The maximum absolute atomic E-state index is 14.4. The minimum Gasteiger partial charge on any atom is -0.206 e. The molecular weight excluding hydrogens is 298 g/mol. The van der Waals surface area contributed by atoms with E-state index in [1.807, 2.05) is 37.3 Å². The largest absolute Gasteiger partial charge is 0.206 e. The zero-order valence-electron chi connectivity index (χ0n) is 12.5. The summed E-state index contributed by atoms with van der Waals surface area (Å²) in [6.07, 6.45) is 0.944. The maximum Gasteiger partial charge on any atom is 0.135 e. The summed E-state index contributed by atoms with van der Waals surface area (Å²) in [6, 6.07) is 14.2. The average molecular weight is 314 g/mol. The molecule has 1 heterocycles. The van der Waals surface area contributed by atoms with Gasteiger partial charge in [0.05, 0.1) is 5.56 Å². The lowest BCUT2D eigenvalue weighted by Gasteiger charge is -2.08. The fraction of sp³-hybridized carbons (Fsp3) is 0.158. The van der Waals surface area contributed by atoms with Crippen LogP contribution in [0.2, 0.25) is 0 Å². The molecule has 0 saturated heterocycles. The molecule has 0 bridgehead atoms. The van der Waals surface area contributed by atoms with Crippen molar-refractivity contribution in [1.29, 1.82) is 0 Å². The molecule has 0 unspecified atom stereocenters. The van der Waals surface area contributed by atoms with E-state index in [1.54, 1.807) is 6.07 Å². The van der Waals surface area contributed by atoms with Crippen LogP contribution in [0.4, 0.5) is 8.78 Å². The van der Waals surface area contributed by atoms with Crippen LogP contribution in [0.3, 0.4) is 0 Å². The van der Waals surface area contributed by atoms with Crippen molar-refractivity contribution in [2.75, 3.05) is 0 Å². The predicted octanol–water partition coefficient (Wildman–Crippen LogP) is 6.23. The van der Waals surface area contributed by atoms with Gasteiger partial charge < -0.3 is 0 Å². The van der Waals surface area contributed by atoms with Gasteiger partial charge in [0.1, 0.15) is 11.6 Å². The highest BCUT2D eigenvalue weighted by Crippen LogP contribution is 2.34. The van der Waals surface area contributed by atoms with Crippen molar-refractivity contribution in [3.63, 3.8) is 0 Å². The molecule has 3 heteroatoms. The number of rotatable bonds is 3. The highest BCUT2D eigenvalue weighted by atomic mass is 32.1. The Morgan fingerprint density at radius 2 is 1.50 bits per heavy atom. The standard InChI is InChI=1S/C19H16F2S/c1-3-13-5-7-14(8-6-13)15-10-16(20)19(17(21)11-15)18-9-4-12(2)22-18/h4-11H,3H2,1-2H3. The first kappa shape index (κ1) is 14.9. The zero-order valence-corrected chi connectivity index (χ0v) is 13.3. The van der Waals surface area contributed by atoms with Crippen molar-refractivity contribution in [2.45, 2.75) is 20.3 Å². The Morgan fingerprint density at radius 1 is 0.864 bits per heavy atom. The molecule has 2 aromatic carbocycles. The Morgan fingerprint density at radius 3 is 2.00 bits per heavy atom. The first-order valence-electron chi connectivity index (χ1n) is 7.23. The number of thiophene rings is 1. The number of hydrogen-bond donors (Lipinski definition) is 0. The maximum atomic E-state index is 14.4. The number of aryl methyl sites for hydroxylation is 2. The molecule has 0 N–H and O–H groups in total. The minimum absolute atomic E-state index is 0.0621. The monoisotopic (exact) mass is 314 g/mol. The van der Waals surface area contributed by atoms with Crippen LogP contribution in [0.15, 0.2) is 48.5 Å². The summed E-state index contributed by atoms with van der Waals surface area (Å²) >= 11 is 1.40. The van der Waals surface area contributed by atoms with Crippen molar-refractivity contribution >= 4 is 11.3 Å². The molecule has 0 amide bonds. The number of hydrogen-bond acceptors (Lipinski definition) is 1. The lowest BCUT2D eigenvalue weighted by atomic mass is 10.0. The van der Waals surface area contributed by atoms with Gasteiger partial charge in [-0.05, 0) is 54.3 Å². The van der Waals surface area contributed by atoms with E-state index in [9.17, 15) is 8.78 Å². The zero-order chi connectivity index (χ0) is 15.7. The van der Waals surface area contributed by atoms with E-state index in [0.717, 1.165) is 16.9 Å². The van der Waals surface area contributed by atoms with E-state index < -0.39 is 11.6 Å². The Kier molecular flexibility index (Phi) is 4.08. The molecule has 3 rings (SSSR count). The third-order valence-corrected chi connectivity index (χ3v) is 4.74. The Bertz CT molecular complexity index is 778. The van der Waals surface area contributed by atoms with Gasteiger partial charge in [-0.25, -0.2) is 8.78 Å². The van der Waals surface area contributed by atoms with E-state index >= 15 is 0 Å². The summed E-state index contributed by atoms with van der Waals surface area (Å²) in [7, 11) is 0. The molecule has 0 radical (unpaired) electrons. The second kappa shape index (κ2) is 6.01. The first-order valence-corrected chi connectivity index (χ1v) is 8.05. The van der Waals surface area contributed by atoms with Crippen LogP contribution >= 0.6 is 11.3 Å². The van der Waals surface area contributed by atoms with Crippen LogP contribution in [0.25, 0.3) is 21.6 Å². The fourth-order valence-electron chi connectivity index (χ4n) is 2.48. The quantitative estimate of drug-likeness (QED) is 0.537. The Labute approximate surface area is 133 Å². The van der Waals surface area contributed by atoms with E-state index in [-0.39, 0.29) is 5.56 Å². The third kappa shape index (κ3) is 2.81. The van der Waals surface area contributed by atoms with Crippen LogP contribution in [0.5, 0.6) is 0 Å². The predicted molar refractivity (Wildman–Crippen MR) is 89.2 cm³/mol. The van der Waals surface area contributed by atoms with Gasteiger partial charge in [0, 0.05) is 9.75 Å². The summed E-state index contributed by atoms with van der Waals surface area (Å²) in [4.78, 5) is 1.66. The number of halogens is 2. The van der Waals surface area contributed by atoms with Gasteiger partial charge in [-0.2, -0.15) is 0 Å². The lowest BCUT2D eigenvalue weighted by Crippen LogP contribution is -1.91. The van der Waals surface area contributed by atoms with Gasteiger partial charge in [-0.15, -0.1) is 11.3 Å². The van der Waals surface area contributed by atoms with Crippen molar-refractivity contribution in [3.8, 4) is 21.6 Å². The molecule has 0 fully saturated rings. The van der Waals surface area contributed by atoms with Crippen LogP contribution in [0.1, 0.15) is 17.4 Å². The molecule has 0 aliphatic carbocycles. The van der Waals surface area contributed by atoms with E-state index in [1.165, 1.54) is 29.0 Å². The van der Waals surface area contributed by atoms with E-state index in [4.69, 9.17) is 0 Å². The van der Waals surface area contributed by atoms with Crippen LogP contribution in [-0.4, -0.2) is 0 Å². The fourth-order valence-corrected chi connectivity index (χ4v) is 3.39. The summed E-state index contributed by atoms with van der Waals surface area (Å²) in [6.45, 7) is 4.00. The average Bonchev–Trinajstić information content (AvgIpc) is 2.93. The topological polar surface area (TPSA) is 0 Å². The van der Waals surface area contributed by atoms with Gasteiger partial charge in [-0.1, -0.05) is 31.2 Å². The second-order valence-corrected chi connectivity index (χ2v) is 6.56. The molecule has 0 spiro atoms. The summed E-state index contributed by atoms with van der Waals surface area (Å²) in [5, 5.41) is 0. The van der Waals surface area contributed by atoms with Crippen LogP contribution in [-0.2, 0) is 6.42 Å². The van der Waals surface area contributed by atoms with Crippen LogP contribution in [0, 0.1) is 18.6 Å².